The molecule has 1 heterocycles. The summed E-state index contributed by atoms with van der Waals surface area (Å²) >= 11 is 1.60. The van der Waals surface area contributed by atoms with Gasteiger partial charge < -0.3 is 5.32 Å². The largest absolute Gasteiger partial charge is 0.351 e. The normalized spacial score (nSPS) is 12.1. The number of nitrogens with zero attached hydrogens (tertiary/aromatic N) is 1. The van der Waals surface area contributed by atoms with Gasteiger partial charge in [-0.1, -0.05) is 6.07 Å². The van der Waals surface area contributed by atoms with Crippen LogP contribution in [0.5, 0.6) is 0 Å². The molecule has 0 aliphatic heterocycles. The van der Waals surface area contributed by atoms with Gasteiger partial charge >= 0.3 is 0 Å². The van der Waals surface area contributed by atoms with E-state index in [4.69, 9.17) is 0 Å². The van der Waals surface area contributed by atoms with Crippen LogP contribution in [0, 0.1) is 0 Å². The van der Waals surface area contributed by atoms with Crippen LogP contribution in [0.2, 0.25) is 0 Å². The van der Waals surface area contributed by atoms with E-state index >= 15 is 0 Å². The van der Waals surface area contributed by atoms with Gasteiger partial charge in [0.15, 0.2) is 0 Å². The van der Waals surface area contributed by atoms with Crippen LogP contribution in [0.4, 0.5) is 0 Å². The predicted molar refractivity (Wildman–Crippen MR) is 119 cm³/mol. The van der Waals surface area contributed by atoms with Crippen molar-refractivity contribution in [1.29, 1.82) is 0 Å². The van der Waals surface area contributed by atoms with Gasteiger partial charge in [0.05, 0.1) is 4.90 Å². The van der Waals surface area contributed by atoms with Crippen LogP contribution in [0.1, 0.15) is 42.9 Å². The molecular weight excluding hydrogens is 406 g/mol. The van der Waals surface area contributed by atoms with Crippen LogP contribution < -0.4 is 10.0 Å². The second-order valence-electron chi connectivity index (χ2n) is 7.43. The second-order valence-corrected chi connectivity index (χ2v) is 10.2. The molecule has 2 N–H and O–H groups in total. The zero-order chi connectivity index (χ0) is 21.4. The van der Waals surface area contributed by atoms with E-state index in [2.05, 4.69) is 42.6 Å². The number of nitrogens with one attached hydrogen (secondary N) is 2. The van der Waals surface area contributed by atoms with Gasteiger partial charge in [-0.3, -0.25) is 9.69 Å². The number of carbonyl (C=O) groups is 1. The van der Waals surface area contributed by atoms with E-state index in [1.165, 1.54) is 12.1 Å². The Balaban J connectivity index is 1.87. The Bertz CT molecular complexity index is 853. The third-order valence-corrected chi connectivity index (χ3v) is 7.07. The molecule has 6 nitrogen and oxygen atoms in total. The molecule has 0 radical (unpaired) electrons. The van der Waals surface area contributed by atoms with Gasteiger partial charge in [0, 0.05) is 42.2 Å². The van der Waals surface area contributed by atoms with Crippen molar-refractivity contribution >= 4 is 27.3 Å². The summed E-state index contributed by atoms with van der Waals surface area (Å²) in [5.74, 6) is -0.202. The number of thiophene rings is 1. The monoisotopic (exact) mass is 437 g/mol. The first-order valence-corrected chi connectivity index (χ1v) is 12.2. The quantitative estimate of drug-likeness (QED) is 0.566. The molecule has 0 unspecified atom stereocenters. The summed E-state index contributed by atoms with van der Waals surface area (Å²) in [5, 5.41) is 4.87. The van der Waals surface area contributed by atoms with Crippen molar-refractivity contribution in [2.45, 2.75) is 51.1 Å². The van der Waals surface area contributed by atoms with E-state index in [-0.39, 0.29) is 10.8 Å². The SMILES string of the molecule is CC(C)N(CCNC(=O)c1ccc(S(=O)(=O)NCCc2cccs2)cc1)C(C)C. The molecule has 160 valence electrons. The van der Waals surface area contributed by atoms with Gasteiger partial charge in [0.1, 0.15) is 0 Å². The van der Waals surface area contributed by atoms with Crippen LogP contribution in [0.3, 0.4) is 0 Å². The maximum atomic E-state index is 12.4. The van der Waals surface area contributed by atoms with Crippen LogP contribution >= 0.6 is 11.3 Å². The molecule has 2 rings (SSSR count). The van der Waals surface area contributed by atoms with E-state index < -0.39 is 10.0 Å². The van der Waals surface area contributed by atoms with Gasteiger partial charge in [0.25, 0.3) is 5.91 Å². The van der Waals surface area contributed by atoms with E-state index in [1.807, 2.05) is 17.5 Å². The number of sulfonamides is 1. The molecule has 29 heavy (non-hydrogen) atoms. The lowest BCUT2D eigenvalue weighted by Gasteiger charge is -2.30. The van der Waals surface area contributed by atoms with Crippen LogP contribution in [0.25, 0.3) is 0 Å². The number of hydrogen-bond acceptors (Lipinski definition) is 5. The minimum Gasteiger partial charge on any atom is -0.351 e. The highest BCUT2D eigenvalue weighted by Crippen LogP contribution is 2.12. The minimum absolute atomic E-state index is 0.158. The molecule has 0 aliphatic rings. The first kappa shape index (κ1) is 23.5. The summed E-state index contributed by atoms with van der Waals surface area (Å²) in [5.41, 5.74) is 0.447. The fraction of sp³-hybridized carbons (Fsp3) is 0.476. The number of benzene rings is 1. The van der Waals surface area contributed by atoms with Crippen molar-refractivity contribution in [3.05, 3.63) is 52.2 Å². The Morgan fingerprint density at radius 3 is 2.24 bits per heavy atom. The summed E-state index contributed by atoms with van der Waals surface area (Å²) < 4.78 is 27.4. The van der Waals surface area contributed by atoms with Crippen molar-refractivity contribution < 1.29 is 13.2 Å². The van der Waals surface area contributed by atoms with Crippen LogP contribution in [0.15, 0.2) is 46.7 Å². The molecule has 1 aromatic carbocycles. The van der Waals surface area contributed by atoms with E-state index in [0.717, 1.165) is 11.4 Å². The summed E-state index contributed by atoms with van der Waals surface area (Å²) in [4.78, 5) is 15.9. The standard InChI is InChI=1S/C21H31N3O3S2/c1-16(2)24(17(3)4)14-13-22-21(25)18-7-9-20(10-8-18)29(26,27)23-12-11-19-6-5-15-28-19/h5-10,15-17,23H,11-14H2,1-4H3,(H,22,25). The highest BCUT2D eigenvalue weighted by Gasteiger charge is 2.16. The van der Waals surface area contributed by atoms with Crippen molar-refractivity contribution in [3.8, 4) is 0 Å². The van der Waals surface area contributed by atoms with Crippen molar-refractivity contribution in [1.82, 2.24) is 14.9 Å². The highest BCUT2D eigenvalue weighted by atomic mass is 32.2. The summed E-state index contributed by atoms with van der Waals surface area (Å²) in [6.07, 6.45) is 0.654. The zero-order valence-corrected chi connectivity index (χ0v) is 19.1. The molecule has 0 bridgehead atoms. The summed E-state index contributed by atoms with van der Waals surface area (Å²) in [6, 6.07) is 10.8. The van der Waals surface area contributed by atoms with Crippen LogP contribution in [-0.2, 0) is 16.4 Å². The van der Waals surface area contributed by atoms with E-state index in [9.17, 15) is 13.2 Å². The molecule has 2 aromatic rings. The lowest BCUT2D eigenvalue weighted by Crippen LogP contribution is -2.42. The first-order chi connectivity index (χ1) is 13.7. The van der Waals surface area contributed by atoms with Crippen molar-refractivity contribution in [2.24, 2.45) is 0 Å². The molecule has 1 amide bonds. The number of carbonyl (C=O) groups excluding carboxylic acids is 1. The summed E-state index contributed by atoms with van der Waals surface area (Å²) in [6.45, 7) is 10.2. The van der Waals surface area contributed by atoms with Crippen molar-refractivity contribution in [3.63, 3.8) is 0 Å². The maximum absolute atomic E-state index is 12.4. The summed E-state index contributed by atoms with van der Waals surface area (Å²) in [7, 11) is -3.59. The smallest absolute Gasteiger partial charge is 0.251 e. The lowest BCUT2D eigenvalue weighted by atomic mass is 10.2. The number of amides is 1. The predicted octanol–water partition coefficient (Wildman–Crippen LogP) is 3.12. The third-order valence-electron chi connectivity index (χ3n) is 4.65. The average Bonchev–Trinajstić information content (AvgIpc) is 3.18. The second kappa shape index (κ2) is 10.9. The number of hydrogen-bond donors (Lipinski definition) is 2. The first-order valence-electron chi connectivity index (χ1n) is 9.86. The van der Waals surface area contributed by atoms with Gasteiger partial charge in [-0.2, -0.15) is 0 Å². The molecule has 0 fully saturated rings. The van der Waals surface area contributed by atoms with E-state index in [1.54, 1.807) is 23.5 Å². The topological polar surface area (TPSA) is 78.5 Å². The molecule has 0 atom stereocenters. The Morgan fingerprint density at radius 2 is 1.69 bits per heavy atom. The Morgan fingerprint density at radius 1 is 1.03 bits per heavy atom. The third kappa shape index (κ3) is 7.22. The van der Waals surface area contributed by atoms with Gasteiger partial charge in [0.2, 0.25) is 10.0 Å². The van der Waals surface area contributed by atoms with Gasteiger partial charge in [-0.25, -0.2) is 13.1 Å². The molecule has 0 saturated carbocycles. The fourth-order valence-electron chi connectivity index (χ4n) is 3.15. The number of rotatable bonds is 11. The molecular formula is C21H31N3O3S2. The van der Waals surface area contributed by atoms with Gasteiger partial charge in [-0.05, 0) is 69.8 Å². The maximum Gasteiger partial charge on any atom is 0.251 e. The van der Waals surface area contributed by atoms with Gasteiger partial charge in [-0.15, -0.1) is 11.3 Å². The lowest BCUT2D eigenvalue weighted by molar-refractivity contribution is 0.0939. The minimum atomic E-state index is -3.59. The Hall–Kier alpha value is -1.74. The zero-order valence-electron chi connectivity index (χ0n) is 17.5. The molecule has 0 aliphatic carbocycles. The van der Waals surface area contributed by atoms with E-state index in [0.29, 0.717) is 37.2 Å². The molecule has 0 saturated heterocycles. The molecule has 1 aromatic heterocycles. The fourth-order valence-corrected chi connectivity index (χ4v) is 4.89. The highest BCUT2D eigenvalue weighted by molar-refractivity contribution is 7.89. The average molecular weight is 438 g/mol. The van der Waals surface area contributed by atoms with Crippen molar-refractivity contribution in [2.75, 3.05) is 19.6 Å². The Labute approximate surface area is 178 Å². The Kier molecular flexibility index (Phi) is 8.82. The molecule has 0 spiro atoms. The van der Waals surface area contributed by atoms with Crippen LogP contribution in [-0.4, -0.2) is 50.9 Å². The molecule has 8 heteroatoms.